The zero-order valence-electron chi connectivity index (χ0n) is 7.83. The van der Waals surface area contributed by atoms with Crippen LogP contribution >= 0.6 is 15.9 Å². The van der Waals surface area contributed by atoms with E-state index in [1.807, 2.05) is 6.07 Å². The van der Waals surface area contributed by atoms with Gasteiger partial charge in [-0.1, -0.05) is 28.1 Å². The summed E-state index contributed by atoms with van der Waals surface area (Å²) in [4.78, 5) is 11.3. The number of esters is 1. The van der Waals surface area contributed by atoms with E-state index in [1.165, 1.54) is 7.11 Å². The summed E-state index contributed by atoms with van der Waals surface area (Å²) in [5.41, 5.74) is 0.455. The molecule has 0 bridgehead atoms. The molecule has 3 nitrogen and oxygen atoms in total. The van der Waals surface area contributed by atoms with E-state index < -0.39 is 0 Å². The molecule has 0 saturated carbocycles. The fourth-order valence-corrected chi connectivity index (χ4v) is 1.18. The number of methoxy groups -OCH3 is 1. The van der Waals surface area contributed by atoms with Crippen molar-refractivity contribution in [1.29, 1.82) is 0 Å². The average molecular weight is 259 g/mol. The van der Waals surface area contributed by atoms with Crippen LogP contribution in [0.15, 0.2) is 24.3 Å². The summed E-state index contributed by atoms with van der Waals surface area (Å²) in [5, 5.41) is 0.725. The van der Waals surface area contributed by atoms with Crippen LogP contribution < -0.4 is 4.74 Å². The minimum Gasteiger partial charge on any atom is -0.492 e. The first-order chi connectivity index (χ1) is 6.79. The third kappa shape index (κ3) is 2.73. The van der Waals surface area contributed by atoms with E-state index in [1.54, 1.807) is 18.2 Å². The minimum absolute atomic E-state index is 0.379. The van der Waals surface area contributed by atoms with Crippen LogP contribution in [0.4, 0.5) is 0 Å². The largest absolute Gasteiger partial charge is 0.492 e. The lowest BCUT2D eigenvalue weighted by Gasteiger charge is -2.08. The van der Waals surface area contributed by atoms with Crippen LogP contribution in [-0.4, -0.2) is 25.0 Å². The molecule has 0 aliphatic carbocycles. The quantitative estimate of drug-likeness (QED) is 0.614. The van der Waals surface area contributed by atoms with Gasteiger partial charge in [0.2, 0.25) is 0 Å². The summed E-state index contributed by atoms with van der Waals surface area (Å²) in [7, 11) is 1.35. The number of benzene rings is 1. The summed E-state index contributed by atoms with van der Waals surface area (Å²) in [6.45, 7) is 0.522. The lowest BCUT2D eigenvalue weighted by molar-refractivity contribution is 0.0596. The van der Waals surface area contributed by atoms with Crippen LogP contribution in [0.2, 0.25) is 0 Å². The summed E-state index contributed by atoms with van der Waals surface area (Å²) >= 11 is 3.24. The molecule has 0 N–H and O–H groups in total. The van der Waals surface area contributed by atoms with Crippen molar-refractivity contribution in [2.45, 2.75) is 0 Å². The molecule has 0 fully saturated rings. The Morgan fingerprint density at radius 2 is 2.14 bits per heavy atom. The van der Waals surface area contributed by atoms with Gasteiger partial charge < -0.3 is 9.47 Å². The van der Waals surface area contributed by atoms with Gasteiger partial charge in [0, 0.05) is 5.33 Å². The van der Waals surface area contributed by atoms with Crippen molar-refractivity contribution >= 4 is 21.9 Å². The fraction of sp³-hybridized carbons (Fsp3) is 0.300. The number of alkyl halides is 1. The number of carbonyl (C=O) groups is 1. The standard InChI is InChI=1S/C10H11BrO3/c1-13-10(12)8-4-2-3-5-9(8)14-7-6-11/h2-5H,6-7H2,1H3. The van der Waals surface area contributed by atoms with Crippen molar-refractivity contribution in [3.63, 3.8) is 0 Å². The molecule has 0 spiro atoms. The SMILES string of the molecule is COC(=O)c1ccccc1OCCBr. The molecule has 0 aliphatic heterocycles. The number of carbonyl (C=O) groups excluding carboxylic acids is 1. The van der Waals surface area contributed by atoms with Gasteiger partial charge in [-0.2, -0.15) is 0 Å². The van der Waals surface area contributed by atoms with Crippen LogP contribution in [0.1, 0.15) is 10.4 Å². The Bertz CT molecular complexity index is 312. The molecule has 1 rings (SSSR count). The van der Waals surface area contributed by atoms with E-state index in [9.17, 15) is 4.79 Å². The van der Waals surface area contributed by atoms with Crippen LogP contribution in [0, 0.1) is 0 Å². The van der Waals surface area contributed by atoms with Gasteiger partial charge >= 0.3 is 5.97 Å². The third-order valence-electron chi connectivity index (χ3n) is 1.63. The summed E-state index contributed by atoms with van der Waals surface area (Å²) in [6, 6.07) is 7.01. The minimum atomic E-state index is -0.379. The van der Waals surface area contributed by atoms with Crippen molar-refractivity contribution in [1.82, 2.24) is 0 Å². The van der Waals surface area contributed by atoms with Crippen LogP contribution in [0.5, 0.6) is 5.75 Å². The highest BCUT2D eigenvalue weighted by Gasteiger charge is 2.11. The highest BCUT2D eigenvalue weighted by atomic mass is 79.9. The van der Waals surface area contributed by atoms with Gasteiger partial charge in [-0.3, -0.25) is 0 Å². The van der Waals surface area contributed by atoms with Crippen molar-refractivity contribution in [3.8, 4) is 5.75 Å². The molecule has 0 saturated heterocycles. The highest BCUT2D eigenvalue weighted by molar-refractivity contribution is 9.09. The normalized spacial score (nSPS) is 9.57. The molecule has 76 valence electrons. The second kappa shape index (κ2) is 5.65. The maximum Gasteiger partial charge on any atom is 0.341 e. The Morgan fingerprint density at radius 3 is 2.79 bits per heavy atom. The van der Waals surface area contributed by atoms with Gasteiger partial charge in [0.05, 0.1) is 13.7 Å². The van der Waals surface area contributed by atoms with Gasteiger partial charge in [-0.15, -0.1) is 0 Å². The molecule has 0 radical (unpaired) electrons. The molecule has 0 heterocycles. The zero-order valence-corrected chi connectivity index (χ0v) is 9.41. The molecule has 4 heteroatoms. The van der Waals surface area contributed by atoms with E-state index in [2.05, 4.69) is 20.7 Å². The smallest absolute Gasteiger partial charge is 0.341 e. The summed E-state index contributed by atoms with van der Waals surface area (Å²) in [5.74, 6) is 0.175. The molecule has 14 heavy (non-hydrogen) atoms. The van der Waals surface area contributed by atoms with E-state index in [0.29, 0.717) is 17.9 Å². The van der Waals surface area contributed by atoms with E-state index >= 15 is 0 Å². The fourth-order valence-electron chi connectivity index (χ4n) is 1.02. The number of halogens is 1. The zero-order chi connectivity index (χ0) is 10.4. The third-order valence-corrected chi connectivity index (χ3v) is 1.95. The summed E-state index contributed by atoms with van der Waals surface area (Å²) < 4.78 is 9.99. The Balaban J connectivity index is 2.85. The number of rotatable bonds is 4. The Morgan fingerprint density at radius 1 is 1.43 bits per heavy atom. The van der Waals surface area contributed by atoms with Gasteiger partial charge in [0.25, 0.3) is 0 Å². The second-order valence-corrected chi connectivity index (χ2v) is 3.32. The Kier molecular flexibility index (Phi) is 4.46. The van der Waals surface area contributed by atoms with Gasteiger partial charge in [0.15, 0.2) is 0 Å². The number of para-hydroxylation sites is 1. The van der Waals surface area contributed by atoms with Gasteiger partial charge in [-0.05, 0) is 12.1 Å². The van der Waals surface area contributed by atoms with E-state index in [-0.39, 0.29) is 5.97 Å². The lowest BCUT2D eigenvalue weighted by Crippen LogP contribution is -2.06. The van der Waals surface area contributed by atoms with Gasteiger partial charge in [-0.25, -0.2) is 4.79 Å². The highest BCUT2D eigenvalue weighted by Crippen LogP contribution is 2.18. The maximum atomic E-state index is 11.3. The second-order valence-electron chi connectivity index (χ2n) is 2.53. The topological polar surface area (TPSA) is 35.5 Å². The van der Waals surface area contributed by atoms with Crippen LogP contribution in [0.3, 0.4) is 0 Å². The molecule has 1 aromatic rings. The van der Waals surface area contributed by atoms with Crippen LogP contribution in [-0.2, 0) is 4.74 Å². The predicted molar refractivity (Wildman–Crippen MR) is 57.1 cm³/mol. The first-order valence-corrected chi connectivity index (χ1v) is 5.28. The van der Waals surface area contributed by atoms with Gasteiger partial charge in [0.1, 0.15) is 11.3 Å². The average Bonchev–Trinajstić information content (AvgIpc) is 2.25. The molecular formula is C10H11BrO3. The monoisotopic (exact) mass is 258 g/mol. The van der Waals surface area contributed by atoms with Crippen LogP contribution in [0.25, 0.3) is 0 Å². The Labute approximate surface area is 91.1 Å². The number of hydrogen-bond donors (Lipinski definition) is 0. The van der Waals surface area contributed by atoms with Crippen molar-refractivity contribution in [2.75, 3.05) is 19.0 Å². The molecular weight excluding hydrogens is 248 g/mol. The van der Waals surface area contributed by atoms with Crippen molar-refractivity contribution in [2.24, 2.45) is 0 Å². The first-order valence-electron chi connectivity index (χ1n) is 4.15. The number of hydrogen-bond acceptors (Lipinski definition) is 3. The van der Waals surface area contributed by atoms with Crippen molar-refractivity contribution in [3.05, 3.63) is 29.8 Å². The molecule has 0 aromatic heterocycles. The van der Waals surface area contributed by atoms with Crippen molar-refractivity contribution < 1.29 is 14.3 Å². The predicted octanol–water partition coefficient (Wildman–Crippen LogP) is 2.25. The summed E-state index contributed by atoms with van der Waals surface area (Å²) in [6.07, 6.45) is 0. The number of ether oxygens (including phenoxy) is 2. The Hall–Kier alpha value is -1.03. The maximum absolute atomic E-state index is 11.3. The molecule has 0 atom stereocenters. The molecule has 0 unspecified atom stereocenters. The van der Waals surface area contributed by atoms with E-state index in [0.717, 1.165) is 5.33 Å². The lowest BCUT2D eigenvalue weighted by atomic mass is 10.2. The molecule has 0 aliphatic rings. The molecule has 1 aromatic carbocycles. The molecule has 0 amide bonds. The van der Waals surface area contributed by atoms with E-state index in [4.69, 9.17) is 4.74 Å². The first kappa shape index (κ1) is 11.0.